The van der Waals surface area contributed by atoms with Crippen LogP contribution < -0.4 is 10.6 Å². The average molecular weight is 233 g/mol. The van der Waals surface area contributed by atoms with E-state index in [1.165, 1.54) is 0 Å². The van der Waals surface area contributed by atoms with Crippen LogP contribution in [0.3, 0.4) is 0 Å². The predicted octanol–water partition coefficient (Wildman–Crippen LogP) is 0.921. The Kier molecular flexibility index (Phi) is 3.27. The SMILES string of the molecule is CC(Nc1ccccc1C1=NCCN1)C(=O)O. The van der Waals surface area contributed by atoms with Crippen LogP contribution in [0.4, 0.5) is 5.69 Å². The van der Waals surface area contributed by atoms with Crippen LogP contribution in [-0.2, 0) is 4.79 Å². The summed E-state index contributed by atoms with van der Waals surface area (Å²) < 4.78 is 0. The van der Waals surface area contributed by atoms with Crippen LogP contribution >= 0.6 is 0 Å². The van der Waals surface area contributed by atoms with E-state index in [4.69, 9.17) is 5.11 Å². The second-order valence-corrected chi connectivity index (χ2v) is 3.91. The Morgan fingerprint density at radius 2 is 2.29 bits per heavy atom. The Morgan fingerprint density at radius 3 is 2.94 bits per heavy atom. The maximum absolute atomic E-state index is 10.8. The normalized spacial score (nSPS) is 15.9. The quantitative estimate of drug-likeness (QED) is 0.723. The molecule has 5 heteroatoms. The summed E-state index contributed by atoms with van der Waals surface area (Å²) in [5.74, 6) is -0.0492. The Bertz CT molecular complexity index is 457. The van der Waals surface area contributed by atoms with Gasteiger partial charge in [-0.2, -0.15) is 0 Å². The van der Waals surface area contributed by atoms with Gasteiger partial charge in [0.25, 0.3) is 0 Å². The van der Waals surface area contributed by atoms with Crippen molar-refractivity contribution in [2.75, 3.05) is 18.4 Å². The minimum atomic E-state index is -0.874. The highest BCUT2D eigenvalue weighted by atomic mass is 16.4. The smallest absolute Gasteiger partial charge is 0.325 e. The molecule has 0 saturated carbocycles. The van der Waals surface area contributed by atoms with Crippen molar-refractivity contribution in [2.24, 2.45) is 4.99 Å². The molecule has 0 amide bonds. The summed E-state index contributed by atoms with van der Waals surface area (Å²) >= 11 is 0. The van der Waals surface area contributed by atoms with Crippen LogP contribution in [0.5, 0.6) is 0 Å². The number of aliphatic carboxylic acids is 1. The fourth-order valence-corrected chi connectivity index (χ4v) is 1.69. The summed E-state index contributed by atoms with van der Waals surface area (Å²) in [5, 5.41) is 15.0. The predicted molar refractivity (Wildman–Crippen MR) is 66.6 cm³/mol. The average Bonchev–Trinajstić information content (AvgIpc) is 2.83. The van der Waals surface area contributed by atoms with Crippen LogP contribution in [0, 0.1) is 0 Å². The Balaban J connectivity index is 2.24. The van der Waals surface area contributed by atoms with Gasteiger partial charge in [-0.25, -0.2) is 0 Å². The highest BCUT2D eigenvalue weighted by Gasteiger charge is 2.16. The molecule has 1 atom stereocenters. The maximum Gasteiger partial charge on any atom is 0.325 e. The van der Waals surface area contributed by atoms with E-state index in [2.05, 4.69) is 15.6 Å². The van der Waals surface area contributed by atoms with Gasteiger partial charge in [0.1, 0.15) is 11.9 Å². The molecule has 0 fully saturated rings. The lowest BCUT2D eigenvalue weighted by atomic mass is 10.1. The van der Waals surface area contributed by atoms with E-state index >= 15 is 0 Å². The van der Waals surface area contributed by atoms with Gasteiger partial charge in [0.15, 0.2) is 0 Å². The zero-order valence-corrected chi connectivity index (χ0v) is 9.60. The Morgan fingerprint density at radius 1 is 1.53 bits per heavy atom. The maximum atomic E-state index is 10.8. The summed E-state index contributed by atoms with van der Waals surface area (Å²) in [6, 6.07) is 6.94. The fraction of sp³-hybridized carbons (Fsp3) is 0.333. The first-order chi connectivity index (χ1) is 8.18. The lowest BCUT2D eigenvalue weighted by Gasteiger charge is -2.15. The van der Waals surface area contributed by atoms with Crippen molar-refractivity contribution in [1.29, 1.82) is 0 Å². The molecule has 0 radical (unpaired) electrons. The largest absolute Gasteiger partial charge is 0.480 e. The fourth-order valence-electron chi connectivity index (χ4n) is 1.69. The summed E-state index contributed by atoms with van der Waals surface area (Å²) in [4.78, 5) is 15.2. The molecule has 0 spiro atoms. The van der Waals surface area contributed by atoms with Gasteiger partial charge >= 0.3 is 5.97 Å². The van der Waals surface area contributed by atoms with Gasteiger partial charge in [0, 0.05) is 17.8 Å². The van der Waals surface area contributed by atoms with E-state index in [9.17, 15) is 4.79 Å². The number of carbonyl (C=O) groups is 1. The molecule has 1 aromatic rings. The second-order valence-electron chi connectivity index (χ2n) is 3.91. The van der Waals surface area contributed by atoms with Crippen molar-refractivity contribution in [3.63, 3.8) is 0 Å². The van der Waals surface area contributed by atoms with Crippen molar-refractivity contribution < 1.29 is 9.90 Å². The van der Waals surface area contributed by atoms with Gasteiger partial charge in [-0.3, -0.25) is 9.79 Å². The number of hydrogen-bond acceptors (Lipinski definition) is 4. The molecule has 5 nitrogen and oxygen atoms in total. The third-order valence-corrected chi connectivity index (χ3v) is 2.60. The molecule has 1 heterocycles. The van der Waals surface area contributed by atoms with Crippen molar-refractivity contribution in [3.05, 3.63) is 29.8 Å². The van der Waals surface area contributed by atoms with Crippen LogP contribution in [-0.4, -0.2) is 36.0 Å². The van der Waals surface area contributed by atoms with Crippen molar-refractivity contribution in [3.8, 4) is 0 Å². The van der Waals surface area contributed by atoms with Gasteiger partial charge in [-0.05, 0) is 19.1 Å². The standard InChI is InChI=1S/C12H15N3O2/c1-8(12(16)17)15-10-5-3-2-4-9(10)11-13-6-7-14-11/h2-5,8,15H,6-7H2,1H3,(H,13,14)(H,16,17). The summed E-state index contributed by atoms with van der Waals surface area (Å²) in [6.07, 6.45) is 0. The van der Waals surface area contributed by atoms with Gasteiger partial charge in [0.2, 0.25) is 0 Å². The molecule has 0 aliphatic carbocycles. The number of amidine groups is 1. The van der Waals surface area contributed by atoms with Crippen molar-refractivity contribution in [1.82, 2.24) is 5.32 Å². The number of carboxylic acids is 1. The van der Waals surface area contributed by atoms with E-state index in [0.29, 0.717) is 0 Å². The van der Waals surface area contributed by atoms with Gasteiger partial charge in [-0.1, -0.05) is 12.1 Å². The number of rotatable bonds is 4. The number of nitrogens with zero attached hydrogens (tertiary/aromatic N) is 1. The summed E-state index contributed by atoms with van der Waals surface area (Å²) in [5.41, 5.74) is 1.70. The van der Waals surface area contributed by atoms with Crippen LogP contribution in [0.2, 0.25) is 0 Å². The number of nitrogens with one attached hydrogen (secondary N) is 2. The first-order valence-corrected chi connectivity index (χ1v) is 5.55. The molecule has 1 aliphatic heterocycles. The number of aliphatic imine (C=N–C) groups is 1. The Labute approximate surface area is 99.6 Å². The second kappa shape index (κ2) is 4.86. The summed E-state index contributed by atoms with van der Waals surface area (Å²) in [6.45, 7) is 3.21. The molecule has 0 bridgehead atoms. The molecule has 1 aliphatic rings. The Hall–Kier alpha value is -2.04. The van der Waals surface area contributed by atoms with E-state index in [0.717, 1.165) is 30.2 Å². The molecular weight excluding hydrogens is 218 g/mol. The zero-order valence-electron chi connectivity index (χ0n) is 9.60. The van der Waals surface area contributed by atoms with Gasteiger partial charge in [0.05, 0.1) is 6.54 Å². The van der Waals surface area contributed by atoms with Crippen molar-refractivity contribution >= 4 is 17.5 Å². The lowest BCUT2D eigenvalue weighted by molar-refractivity contribution is -0.137. The topological polar surface area (TPSA) is 73.7 Å². The molecule has 1 aromatic carbocycles. The van der Waals surface area contributed by atoms with E-state index < -0.39 is 12.0 Å². The highest BCUT2D eigenvalue weighted by Crippen LogP contribution is 2.17. The molecule has 0 saturated heterocycles. The van der Waals surface area contributed by atoms with Crippen LogP contribution in [0.25, 0.3) is 0 Å². The molecule has 17 heavy (non-hydrogen) atoms. The third kappa shape index (κ3) is 2.55. The van der Waals surface area contributed by atoms with E-state index in [1.54, 1.807) is 6.92 Å². The van der Waals surface area contributed by atoms with Crippen molar-refractivity contribution in [2.45, 2.75) is 13.0 Å². The van der Waals surface area contributed by atoms with Gasteiger partial charge in [-0.15, -0.1) is 0 Å². The lowest BCUT2D eigenvalue weighted by Crippen LogP contribution is -2.27. The molecular formula is C12H15N3O2. The molecule has 0 aromatic heterocycles. The van der Waals surface area contributed by atoms with Gasteiger partial charge < -0.3 is 15.7 Å². The van der Waals surface area contributed by atoms with Crippen LogP contribution in [0.15, 0.2) is 29.3 Å². The molecule has 3 N–H and O–H groups in total. The first-order valence-electron chi connectivity index (χ1n) is 5.55. The first kappa shape index (κ1) is 11.4. The number of benzene rings is 1. The van der Waals surface area contributed by atoms with E-state index in [1.807, 2.05) is 24.3 Å². The zero-order chi connectivity index (χ0) is 12.3. The number of anilines is 1. The monoisotopic (exact) mass is 233 g/mol. The molecule has 90 valence electrons. The number of para-hydroxylation sites is 1. The number of hydrogen-bond donors (Lipinski definition) is 3. The minimum absolute atomic E-state index is 0.627. The number of carboxylic acid groups (broad SMARTS) is 1. The molecule has 2 rings (SSSR count). The minimum Gasteiger partial charge on any atom is -0.480 e. The highest BCUT2D eigenvalue weighted by molar-refractivity contribution is 6.04. The third-order valence-electron chi connectivity index (χ3n) is 2.60. The summed E-state index contributed by atoms with van der Waals surface area (Å²) in [7, 11) is 0. The molecule has 1 unspecified atom stereocenters. The van der Waals surface area contributed by atoms with E-state index in [-0.39, 0.29) is 0 Å². The van der Waals surface area contributed by atoms with Crippen LogP contribution in [0.1, 0.15) is 12.5 Å².